The molecule has 112 valence electrons. The number of thiophene rings is 1. The molecule has 0 aliphatic rings. The smallest absolute Gasteiger partial charge is 0.265 e. The minimum Gasteiger partial charge on any atom is -0.491 e. The van der Waals surface area contributed by atoms with Crippen molar-refractivity contribution in [2.24, 2.45) is 0 Å². The number of hydrogen-bond donors (Lipinski definition) is 2. The molecular formula is C16H19NO3S. The van der Waals surface area contributed by atoms with Crippen molar-refractivity contribution in [2.75, 3.05) is 11.9 Å². The predicted molar refractivity (Wildman–Crippen MR) is 85.2 cm³/mol. The van der Waals surface area contributed by atoms with Gasteiger partial charge in [-0.25, -0.2) is 0 Å². The Kier molecular flexibility index (Phi) is 4.65. The Labute approximate surface area is 128 Å². The van der Waals surface area contributed by atoms with E-state index in [0.29, 0.717) is 11.4 Å². The van der Waals surface area contributed by atoms with Gasteiger partial charge in [0.05, 0.1) is 10.5 Å². The third-order valence-electron chi connectivity index (χ3n) is 2.77. The minimum atomic E-state index is -0.871. The molecule has 0 aliphatic heterocycles. The summed E-state index contributed by atoms with van der Waals surface area (Å²) in [6.07, 6.45) is 0. The van der Waals surface area contributed by atoms with Crippen LogP contribution in [0, 0.1) is 6.92 Å². The molecule has 5 heteroatoms. The van der Waals surface area contributed by atoms with Crippen LogP contribution in [0.15, 0.2) is 35.7 Å². The van der Waals surface area contributed by atoms with Crippen molar-refractivity contribution in [3.8, 4) is 5.75 Å². The Morgan fingerprint density at radius 3 is 2.48 bits per heavy atom. The number of carbonyl (C=O) groups is 1. The predicted octanol–water partition coefficient (Wildman–Crippen LogP) is 3.46. The lowest BCUT2D eigenvalue weighted by atomic mass is 10.2. The van der Waals surface area contributed by atoms with E-state index < -0.39 is 5.60 Å². The number of aliphatic hydroxyl groups is 1. The van der Waals surface area contributed by atoms with Gasteiger partial charge in [0.2, 0.25) is 0 Å². The zero-order chi connectivity index (χ0) is 15.5. The van der Waals surface area contributed by atoms with Crippen molar-refractivity contribution < 1.29 is 14.6 Å². The fraction of sp³-hybridized carbons (Fsp3) is 0.312. The molecule has 1 amide bonds. The number of ether oxygens (including phenoxy) is 1. The standard InChI is InChI=1S/C16H19NO3S/c1-11-8-9-21-14(11)15(18)17-12-4-6-13(7-5-12)20-10-16(2,3)19/h4-9,19H,10H2,1-3H3,(H,17,18). The van der Waals surface area contributed by atoms with E-state index in [1.807, 2.05) is 18.4 Å². The van der Waals surface area contributed by atoms with Crippen LogP contribution in [0.2, 0.25) is 0 Å². The summed E-state index contributed by atoms with van der Waals surface area (Å²) in [6, 6.07) is 9.01. The highest BCUT2D eigenvalue weighted by atomic mass is 32.1. The van der Waals surface area contributed by atoms with Crippen LogP contribution in [0.25, 0.3) is 0 Å². The maximum Gasteiger partial charge on any atom is 0.265 e. The summed E-state index contributed by atoms with van der Waals surface area (Å²) in [4.78, 5) is 12.8. The van der Waals surface area contributed by atoms with E-state index >= 15 is 0 Å². The molecule has 0 unspecified atom stereocenters. The molecule has 21 heavy (non-hydrogen) atoms. The van der Waals surface area contributed by atoms with Crippen LogP contribution in [-0.2, 0) is 0 Å². The number of rotatable bonds is 5. The molecule has 0 atom stereocenters. The highest BCUT2D eigenvalue weighted by Gasteiger charge is 2.13. The summed E-state index contributed by atoms with van der Waals surface area (Å²) in [5, 5.41) is 14.4. The molecule has 2 aromatic rings. The number of nitrogens with one attached hydrogen (secondary N) is 1. The van der Waals surface area contributed by atoms with Gasteiger partial charge in [-0.15, -0.1) is 11.3 Å². The quantitative estimate of drug-likeness (QED) is 0.889. The lowest BCUT2D eigenvalue weighted by molar-refractivity contribution is 0.0285. The van der Waals surface area contributed by atoms with Gasteiger partial charge in [0.15, 0.2) is 0 Å². The van der Waals surface area contributed by atoms with Crippen molar-refractivity contribution in [2.45, 2.75) is 26.4 Å². The third-order valence-corrected chi connectivity index (χ3v) is 3.79. The fourth-order valence-electron chi connectivity index (χ4n) is 1.69. The number of aryl methyl sites for hydroxylation is 1. The van der Waals surface area contributed by atoms with Crippen LogP contribution in [0.5, 0.6) is 5.75 Å². The van der Waals surface area contributed by atoms with Crippen molar-refractivity contribution >= 4 is 22.9 Å². The van der Waals surface area contributed by atoms with E-state index in [0.717, 1.165) is 10.4 Å². The second-order valence-corrected chi connectivity index (χ2v) is 6.43. The molecule has 1 aromatic heterocycles. The number of anilines is 1. The maximum absolute atomic E-state index is 12.1. The first-order valence-electron chi connectivity index (χ1n) is 6.66. The molecule has 4 nitrogen and oxygen atoms in total. The SMILES string of the molecule is Cc1ccsc1C(=O)Nc1ccc(OCC(C)(C)O)cc1. The minimum absolute atomic E-state index is 0.104. The monoisotopic (exact) mass is 305 g/mol. The lowest BCUT2D eigenvalue weighted by Gasteiger charge is -2.17. The zero-order valence-corrected chi connectivity index (χ0v) is 13.2. The molecule has 1 heterocycles. The summed E-state index contributed by atoms with van der Waals surface area (Å²) >= 11 is 1.43. The molecule has 0 saturated heterocycles. The summed E-state index contributed by atoms with van der Waals surface area (Å²) in [6.45, 7) is 5.50. The van der Waals surface area contributed by atoms with Gasteiger partial charge in [-0.2, -0.15) is 0 Å². The van der Waals surface area contributed by atoms with E-state index in [-0.39, 0.29) is 12.5 Å². The van der Waals surface area contributed by atoms with Crippen LogP contribution in [0.3, 0.4) is 0 Å². The van der Waals surface area contributed by atoms with Gasteiger partial charge in [0, 0.05) is 5.69 Å². The average molecular weight is 305 g/mol. The number of benzene rings is 1. The highest BCUT2D eigenvalue weighted by Crippen LogP contribution is 2.20. The van der Waals surface area contributed by atoms with Crippen molar-refractivity contribution in [3.05, 3.63) is 46.2 Å². The second-order valence-electron chi connectivity index (χ2n) is 5.51. The number of hydrogen-bond acceptors (Lipinski definition) is 4. The Morgan fingerprint density at radius 1 is 1.29 bits per heavy atom. The van der Waals surface area contributed by atoms with Crippen LogP contribution in [-0.4, -0.2) is 23.2 Å². The van der Waals surface area contributed by atoms with Gasteiger partial charge in [0.1, 0.15) is 12.4 Å². The zero-order valence-electron chi connectivity index (χ0n) is 12.3. The molecule has 2 N–H and O–H groups in total. The third kappa shape index (κ3) is 4.58. The Bertz CT molecular complexity index is 611. The van der Waals surface area contributed by atoms with Gasteiger partial charge in [-0.3, -0.25) is 4.79 Å². The molecule has 0 spiro atoms. The lowest BCUT2D eigenvalue weighted by Crippen LogP contribution is -2.27. The molecular weight excluding hydrogens is 286 g/mol. The van der Waals surface area contributed by atoms with Crippen molar-refractivity contribution in [3.63, 3.8) is 0 Å². The van der Waals surface area contributed by atoms with Gasteiger partial charge in [-0.05, 0) is 62.0 Å². The van der Waals surface area contributed by atoms with Crippen molar-refractivity contribution in [1.82, 2.24) is 0 Å². The summed E-state index contributed by atoms with van der Waals surface area (Å²) < 4.78 is 5.46. The second kappa shape index (κ2) is 6.28. The molecule has 1 aromatic carbocycles. The molecule has 0 saturated carbocycles. The van der Waals surface area contributed by atoms with E-state index in [4.69, 9.17) is 4.74 Å². The first kappa shape index (κ1) is 15.5. The van der Waals surface area contributed by atoms with E-state index in [1.165, 1.54) is 11.3 Å². The highest BCUT2D eigenvalue weighted by molar-refractivity contribution is 7.12. The Hall–Kier alpha value is -1.85. The van der Waals surface area contributed by atoms with E-state index in [2.05, 4.69) is 5.32 Å². The first-order chi connectivity index (χ1) is 9.85. The first-order valence-corrected chi connectivity index (χ1v) is 7.54. The topological polar surface area (TPSA) is 58.6 Å². The van der Waals surface area contributed by atoms with E-state index in [9.17, 15) is 9.90 Å². The molecule has 2 rings (SSSR count). The summed E-state index contributed by atoms with van der Waals surface area (Å²) in [7, 11) is 0. The summed E-state index contributed by atoms with van der Waals surface area (Å²) in [5.74, 6) is 0.551. The van der Waals surface area contributed by atoms with Crippen LogP contribution in [0.4, 0.5) is 5.69 Å². The van der Waals surface area contributed by atoms with Gasteiger partial charge in [-0.1, -0.05) is 0 Å². The largest absolute Gasteiger partial charge is 0.491 e. The average Bonchev–Trinajstić information content (AvgIpc) is 2.83. The molecule has 0 bridgehead atoms. The number of amides is 1. The van der Waals surface area contributed by atoms with Crippen LogP contribution >= 0.6 is 11.3 Å². The van der Waals surface area contributed by atoms with Gasteiger partial charge < -0.3 is 15.2 Å². The normalized spacial score (nSPS) is 11.2. The Morgan fingerprint density at radius 2 is 1.95 bits per heavy atom. The van der Waals surface area contributed by atoms with E-state index in [1.54, 1.807) is 38.1 Å². The fourth-order valence-corrected chi connectivity index (χ4v) is 2.51. The Balaban J connectivity index is 1.96. The van der Waals surface area contributed by atoms with Crippen LogP contribution < -0.4 is 10.1 Å². The van der Waals surface area contributed by atoms with Gasteiger partial charge in [0.25, 0.3) is 5.91 Å². The maximum atomic E-state index is 12.1. The molecule has 0 radical (unpaired) electrons. The van der Waals surface area contributed by atoms with Gasteiger partial charge >= 0.3 is 0 Å². The molecule has 0 aliphatic carbocycles. The van der Waals surface area contributed by atoms with Crippen LogP contribution in [0.1, 0.15) is 29.1 Å². The molecule has 0 fully saturated rings. The summed E-state index contributed by atoms with van der Waals surface area (Å²) in [5.41, 5.74) is 0.815. The van der Waals surface area contributed by atoms with Crippen molar-refractivity contribution in [1.29, 1.82) is 0 Å². The number of carbonyl (C=O) groups excluding carboxylic acids is 1.